The Hall–Kier alpha value is -5.18. The van der Waals surface area contributed by atoms with Gasteiger partial charge in [-0.15, -0.1) is 0 Å². The van der Waals surface area contributed by atoms with E-state index in [-0.39, 0.29) is 24.0 Å². The summed E-state index contributed by atoms with van der Waals surface area (Å²) in [5.41, 5.74) is 4.63. The fraction of sp³-hybridized carbons (Fsp3) is 0.133. The smallest absolute Gasteiger partial charge is 0.379 e. The highest BCUT2D eigenvalue weighted by molar-refractivity contribution is 5.91. The second-order valence-corrected chi connectivity index (χ2v) is 8.27. The molecule has 2 N–H and O–H groups in total. The maximum Gasteiger partial charge on any atom is 0.379 e. The van der Waals surface area contributed by atoms with Crippen molar-refractivity contribution >= 4 is 24.0 Å². The average Bonchev–Trinajstić information content (AvgIpc) is 3.50. The second kappa shape index (κ2) is 13.4. The Kier molecular flexibility index (Phi) is 9.22. The summed E-state index contributed by atoms with van der Waals surface area (Å²) in [7, 11) is 0. The van der Waals surface area contributed by atoms with Crippen molar-refractivity contribution in [2.24, 2.45) is 5.10 Å². The molecule has 0 radical (unpaired) electrons. The first-order valence-corrected chi connectivity index (χ1v) is 12.3. The molecule has 0 saturated heterocycles. The first-order chi connectivity index (χ1) is 19.0. The molecule has 4 rings (SSSR count). The van der Waals surface area contributed by atoms with E-state index in [1.165, 1.54) is 18.5 Å². The number of benzene rings is 3. The number of hydrogen-bond donors (Lipinski definition) is 2. The van der Waals surface area contributed by atoms with Crippen LogP contribution in [0.1, 0.15) is 40.1 Å². The molecule has 0 spiro atoms. The van der Waals surface area contributed by atoms with Gasteiger partial charge in [0.25, 0.3) is 5.91 Å². The molecule has 2 amide bonds. The quantitative estimate of drug-likeness (QED) is 0.130. The van der Waals surface area contributed by atoms with Crippen molar-refractivity contribution < 1.29 is 28.3 Å². The molecule has 1 aromatic heterocycles. The number of nitrogens with zero attached hydrogens (tertiary/aromatic N) is 1. The summed E-state index contributed by atoms with van der Waals surface area (Å²) in [4.78, 5) is 37.6. The number of esters is 1. The minimum atomic E-state index is -0.654. The molecule has 39 heavy (non-hydrogen) atoms. The zero-order chi connectivity index (χ0) is 27.5. The van der Waals surface area contributed by atoms with Crippen LogP contribution >= 0.6 is 0 Å². The molecule has 4 aromatic rings. The fourth-order valence-corrected chi connectivity index (χ4v) is 3.78. The standard InChI is InChI=1S/C30H27N3O6/c1-2-37-26-18-21(15-16-24(26)39-30(36)25-14-9-17-38-25)19-32-33-27(34)20-31-29(35)28(22-10-5-3-6-11-22)23-12-7-4-8-13-23/h3-19,28H,2,20H2,1H3,(H,31,35)(H,33,34)/b32-19-. The van der Waals surface area contributed by atoms with Crippen LogP contribution in [0.3, 0.4) is 0 Å². The van der Waals surface area contributed by atoms with Gasteiger partial charge in [-0.05, 0) is 53.9 Å². The van der Waals surface area contributed by atoms with Crippen molar-refractivity contribution in [3.05, 3.63) is 120 Å². The van der Waals surface area contributed by atoms with Crippen LogP contribution in [0, 0.1) is 0 Å². The Labute approximate surface area is 225 Å². The molecule has 0 aliphatic rings. The molecular weight excluding hydrogens is 498 g/mol. The van der Waals surface area contributed by atoms with Gasteiger partial charge in [-0.1, -0.05) is 60.7 Å². The van der Waals surface area contributed by atoms with Gasteiger partial charge in [0.05, 0.1) is 31.5 Å². The molecule has 0 bridgehead atoms. The minimum absolute atomic E-state index is 0.0664. The Bertz CT molecular complexity index is 1380. The van der Waals surface area contributed by atoms with Gasteiger partial charge in [0.15, 0.2) is 11.5 Å². The summed E-state index contributed by atoms with van der Waals surface area (Å²) in [5.74, 6) is -1.39. The maximum absolute atomic E-state index is 13.0. The number of furan rings is 1. The Morgan fingerprint density at radius 2 is 1.59 bits per heavy atom. The van der Waals surface area contributed by atoms with Crippen molar-refractivity contribution in [3.63, 3.8) is 0 Å². The van der Waals surface area contributed by atoms with Crippen LogP contribution in [0.2, 0.25) is 0 Å². The van der Waals surface area contributed by atoms with Gasteiger partial charge in [-0.3, -0.25) is 9.59 Å². The summed E-state index contributed by atoms with van der Waals surface area (Å²) in [6.07, 6.45) is 2.79. The van der Waals surface area contributed by atoms with Crippen LogP contribution in [-0.4, -0.2) is 37.1 Å². The lowest BCUT2D eigenvalue weighted by atomic mass is 9.90. The highest BCUT2D eigenvalue weighted by Gasteiger charge is 2.22. The summed E-state index contributed by atoms with van der Waals surface area (Å²) in [5, 5.41) is 6.65. The molecule has 0 unspecified atom stereocenters. The number of nitrogens with one attached hydrogen (secondary N) is 2. The molecule has 0 atom stereocenters. The van der Waals surface area contributed by atoms with Gasteiger partial charge >= 0.3 is 5.97 Å². The van der Waals surface area contributed by atoms with Crippen LogP contribution in [0.5, 0.6) is 11.5 Å². The molecule has 0 aliphatic carbocycles. The van der Waals surface area contributed by atoms with Crippen LogP contribution < -0.4 is 20.2 Å². The molecule has 3 aromatic carbocycles. The van der Waals surface area contributed by atoms with Crippen LogP contribution in [0.4, 0.5) is 0 Å². The largest absolute Gasteiger partial charge is 0.490 e. The molecule has 9 heteroatoms. The lowest BCUT2D eigenvalue weighted by molar-refractivity contribution is -0.126. The van der Waals surface area contributed by atoms with Crippen molar-refractivity contribution in [1.82, 2.24) is 10.7 Å². The molecule has 0 fully saturated rings. The minimum Gasteiger partial charge on any atom is -0.490 e. The Balaban J connectivity index is 1.35. The van der Waals surface area contributed by atoms with E-state index >= 15 is 0 Å². The van der Waals surface area contributed by atoms with Crippen molar-refractivity contribution in [3.8, 4) is 11.5 Å². The molecule has 0 saturated carbocycles. The van der Waals surface area contributed by atoms with E-state index in [0.717, 1.165) is 11.1 Å². The Morgan fingerprint density at radius 1 is 0.897 bits per heavy atom. The summed E-state index contributed by atoms with van der Waals surface area (Å²) >= 11 is 0. The van der Waals surface area contributed by atoms with Crippen molar-refractivity contribution in [2.75, 3.05) is 13.2 Å². The van der Waals surface area contributed by atoms with E-state index in [1.807, 2.05) is 60.7 Å². The predicted octanol–water partition coefficient (Wildman–Crippen LogP) is 4.30. The van der Waals surface area contributed by atoms with Gasteiger partial charge in [-0.25, -0.2) is 10.2 Å². The normalized spacial score (nSPS) is 10.8. The summed E-state index contributed by atoms with van der Waals surface area (Å²) in [6.45, 7) is 1.89. The van der Waals surface area contributed by atoms with Crippen molar-refractivity contribution in [1.29, 1.82) is 0 Å². The maximum atomic E-state index is 13.0. The van der Waals surface area contributed by atoms with E-state index < -0.39 is 17.8 Å². The number of amides is 2. The van der Waals surface area contributed by atoms with Gasteiger partial charge in [-0.2, -0.15) is 5.10 Å². The zero-order valence-electron chi connectivity index (χ0n) is 21.2. The number of hydrogen-bond acceptors (Lipinski definition) is 7. The molecular formula is C30H27N3O6. The number of carbonyl (C=O) groups is 3. The highest BCUT2D eigenvalue weighted by Crippen LogP contribution is 2.29. The average molecular weight is 526 g/mol. The van der Waals surface area contributed by atoms with E-state index in [0.29, 0.717) is 17.9 Å². The van der Waals surface area contributed by atoms with E-state index in [2.05, 4.69) is 15.8 Å². The van der Waals surface area contributed by atoms with Gasteiger partial charge in [0.2, 0.25) is 11.7 Å². The SMILES string of the molecule is CCOc1cc(/C=N\NC(=O)CNC(=O)C(c2ccccc2)c2ccccc2)ccc1OC(=O)c1ccco1. The van der Waals surface area contributed by atoms with Gasteiger partial charge < -0.3 is 19.2 Å². The topological polar surface area (TPSA) is 119 Å². The van der Waals surface area contributed by atoms with Gasteiger partial charge in [0.1, 0.15) is 0 Å². The third kappa shape index (κ3) is 7.42. The molecule has 1 heterocycles. The van der Waals surface area contributed by atoms with E-state index in [4.69, 9.17) is 13.9 Å². The molecule has 9 nitrogen and oxygen atoms in total. The third-order valence-electron chi connectivity index (χ3n) is 5.55. The third-order valence-corrected chi connectivity index (χ3v) is 5.55. The number of ether oxygens (including phenoxy) is 2. The number of carbonyl (C=O) groups excluding carboxylic acids is 3. The van der Waals surface area contributed by atoms with E-state index in [1.54, 1.807) is 31.2 Å². The summed E-state index contributed by atoms with van der Waals surface area (Å²) in [6, 6.07) is 26.7. The zero-order valence-corrected chi connectivity index (χ0v) is 21.2. The number of rotatable bonds is 11. The highest BCUT2D eigenvalue weighted by atomic mass is 16.6. The van der Waals surface area contributed by atoms with Crippen LogP contribution in [0.15, 0.2) is 107 Å². The Morgan fingerprint density at radius 3 is 2.21 bits per heavy atom. The van der Waals surface area contributed by atoms with E-state index in [9.17, 15) is 14.4 Å². The number of hydrazone groups is 1. The first kappa shape index (κ1) is 26.9. The second-order valence-electron chi connectivity index (χ2n) is 8.27. The monoisotopic (exact) mass is 525 g/mol. The fourth-order valence-electron chi connectivity index (χ4n) is 3.78. The lowest BCUT2D eigenvalue weighted by Crippen LogP contribution is -2.37. The lowest BCUT2D eigenvalue weighted by Gasteiger charge is -2.17. The first-order valence-electron chi connectivity index (χ1n) is 12.3. The molecule has 0 aliphatic heterocycles. The van der Waals surface area contributed by atoms with Crippen LogP contribution in [0.25, 0.3) is 0 Å². The van der Waals surface area contributed by atoms with Crippen molar-refractivity contribution in [2.45, 2.75) is 12.8 Å². The van der Waals surface area contributed by atoms with Gasteiger partial charge in [0, 0.05) is 0 Å². The molecule has 198 valence electrons. The van der Waals surface area contributed by atoms with Crippen LogP contribution in [-0.2, 0) is 9.59 Å². The predicted molar refractivity (Wildman–Crippen MR) is 145 cm³/mol. The summed E-state index contributed by atoms with van der Waals surface area (Å²) < 4.78 is 16.0.